The number of amides is 4. The summed E-state index contributed by atoms with van der Waals surface area (Å²) in [6, 6.07) is 11.8. The lowest BCUT2D eigenvalue weighted by Crippen LogP contribution is -2.32. The summed E-state index contributed by atoms with van der Waals surface area (Å²) < 4.78 is 0. The molecule has 1 aliphatic heterocycles. The van der Waals surface area contributed by atoms with E-state index in [4.69, 9.17) is 0 Å². The van der Waals surface area contributed by atoms with Crippen LogP contribution in [0.4, 0.5) is 11.4 Å². The number of anilines is 2. The van der Waals surface area contributed by atoms with E-state index in [1.807, 2.05) is 6.92 Å². The number of imide groups is 1. The van der Waals surface area contributed by atoms with Crippen molar-refractivity contribution in [2.24, 2.45) is 0 Å². The Morgan fingerprint density at radius 3 is 2.04 bits per heavy atom. The number of hydrogen-bond donors (Lipinski definition) is 2. The first-order valence-electron chi connectivity index (χ1n) is 9.05. The molecule has 144 valence electrons. The maximum atomic E-state index is 12.4. The minimum atomic E-state index is -0.371. The van der Waals surface area contributed by atoms with E-state index in [0.29, 0.717) is 28.9 Å². The largest absolute Gasteiger partial charge is 0.326 e. The minimum absolute atomic E-state index is 0.00122. The summed E-state index contributed by atoms with van der Waals surface area (Å²) in [5.41, 5.74) is 2.87. The Hall–Kier alpha value is -3.48. The Kier molecular flexibility index (Phi) is 5.54. The number of nitrogens with one attached hydrogen (secondary N) is 2. The SMILES string of the molecule is CCC(=O)Nc1ccc(NC(=O)CCN2C(=O)c3ccc(C)cc3C2=O)cc1. The minimum Gasteiger partial charge on any atom is -0.326 e. The number of fused-ring (bicyclic) bond motifs is 1. The first-order chi connectivity index (χ1) is 13.4. The molecule has 0 unspecified atom stereocenters. The van der Waals surface area contributed by atoms with Gasteiger partial charge in [-0.05, 0) is 43.3 Å². The van der Waals surface area contributed by atoms with Crippen molar-refractivity contribution in [1.82, 2.24) is 4.90 Å². The molecule has 2 N–H and O–H groups in total. The van der Waals surface area contributed by atoms with E-state index in [2.05, 4.69) is 10.6 Å². The van der Waals surface area contributed by atoms with E-state index in [0.717, 1.165) is 10.5 Å². The number of benzene rings is 2. The second kappa shape index (κ2) is 8.04. The molecule has 0 aromatic heterocycles. The van der Waals surface area contributed by atoms with E-state index in [1.165, 1.54) is 0 Å². The van der Waals surface area contributed by atoms with Crippen LogP contribution in [-0.2, 0) is 9.59 Å². The standard InChI is InChI=1S/C21H21N3O4/c1-3-18(25)22-14-5-7-15(8-6-14)23-19(26)10-11-24-20(27)16-9-4-13(2)12-17(16)21(24)28/h4-9,12H,3,10-11H2,1-2H3,(H,22,25)(H,23,26). The normalized spacial score (nSPS) is 12.7. The Balaban J connectivity index is 1.56. The topological polar surface area (TPSA) is 95.6 Å². The van der Waals surface area contributed by atoms with Crippen molar-refractivity contribution in [3.05, 3.63) is 59.2 Å². The highest BCUT2D eigenvalue weighted by atomic mass is 16.2. The number of aryl methyl sites for hydroxylation is 1. The summed E-state index contributed by atoms with van der Waals surface area (Å²) in [7, 11) is 0. The van der Waals surface area contributed by atoms with E-state index in [1.54, 1.807) is 49.4 Å². The van der Waals surface area contributed by atoms with Gasteiger partial charge in [-0.1, -0.05) is 18.6 Å². The Labute approximate surface area is 162 Å². The van der Waals surface area contributed by atoms with Crippen LogP contribution in [0.15, 0.2) is 42.5 Å². The zero-order valence-corrected chi connectivity index (χ0v) is 15.7. The molecule has 0 radical (unpaired) electrons. The van der Waals surface area contributed by atoms with Crippen molar-refractivity contribution in [2.75, 3.05) is 17.2 Å². The van der Waals surface area contributed by atoms with Gasteiger partial charge in [-0.15, -0.1) is 0 Å². The van der Waals surface area contributed by atoms with Crippen LogP contribution in [0.25, 0.3) is 0 Å². The fourth-order valence-electron chi connectivity index (χ4n) is 2.93. The summed E-state index contributed by atoms with van der Waals surface area (Å²) in [5, 5.41) is 5.44. The molecule has 0 saturated carbocycles. The van der Waals surface area contributed by atoms with Gasteiger partial charge in [0.25, 0.3) is 11.8 Å². The molecule has 0 bridgehead atoms. The van der Waals surface area contributed by atoms with Gasteiger partial charge >= 0.3 is 0 Å². The van der Waals surface area contributed by atoms with Crippen LogP contribution < -0.4 is 10.6 Å². The summed E-state index contributed by atoms with van der Waals surface area (Å²) in [6.45, 7) is 3.63. The summed E-state index contributed by atoms with van der Waals surface area (Å²) in [4.78, 5) is 49.5. The van der Waals surface area contributed by atoms with Crippen LogP contribution in [0.3, 0.4) is 0 Å². The zero-order chi connectivity index (χ0) is 20.3. The van der Waals surface area contributed by atoms with Gasteiger partial charge in [-0.3, -0.25) is 24.1 Å². The highest BCUT2D eigenvalue weighted by molar-refractivity contribution is 6.21. The molecule has 1 heterocycles. The monoisotopic (exact) mass is 379 g/mol. The number of carbonyl (C=O) groups excluding carboxylic acids is 4. The number of carbonyl (C=O) groups is 4. The van der Waals surface area contributed by atoms with Crippen LogP contribution in [0.2, 0.25) is 0 Å². The Morgan fingerprint density at radius 2 is 1.43 bits per heavy atom. The lowest BCUT2D eigenvalue weighted by atomic mass is 10.1. The van der Waals surface area contributed by atoms with Crippen molar-refractivity contribution in [2.45, 2.75) is 26.7 Å². The highest BCUT2D eigenvalue weighted by Gasteiger charge is 2.35. The molecule has 0 saturated heterocycles. The van der Waals surface area contributed by atoms with Crippen molar-refractivity contribution in [1.29, 1.82) is 0 Å². The van der Waals surface area contributed by atoms with Gasteiger partial charge in [0.1, 0.15) is 0 Å². The van der Waals surface area contributed by atoms with Crippen molar-refractivity contribution >= 4 is 35.0 Å². The Bertz CT molecular complexity index is 951. The zero-order valence-electron chi connectivity index (χ0n) is 15.7. The van der Waals surface area contributed by atoms with Crippen molar-refractivity contribution in [3.63, 3.8) is 0 Å². The molecule has 7 nitrogen and oxygen atoms in total. The molecule has 0 fully saturated rings. The van der Waals surface area contributed by atoms with Gasteiger partial charge in [-0.2, -0.15) is 0 Å². The van der Waals surface area contributed by atoms with Crippen LogP contribution in [0.1, 0.15) is 46.0 Å². The third kappa shape index (κ3) is 4.09. The Morgan fingerprint density at radius 1 is 0.857 bits per heavy atom. The summed E-state index contributed by atoms with van der Waals surface area (Å²) in [5.74, 6) is -1.14. The highest BCUT2D eigenvalue weighted by Crippen LogP contribution is 2.24. The van der Waals surface area contributed by atoms with Gasteiger partial charge in [0.05, 0.1) is 11.1 Å². The van der Waals surface area contributed by atoms with E-state index in [9.17, 15) is 19.2 Å². The second-order valence-corrected chi connectivity index (χ2v) is 6.59. The molecule has 3 rings (SSSR count). The molecule has 0 spiro atoms. The fourth-order valence-corrected chi connectivity index (χ4v) is 2.93. The average molecular weight is 379 g/mol. The van der Waals surface area contributed by atoms with Crippen LogP contribution in [0, 0.1) is 6.92 Å². The first kappa shape index (κ1) is 19.3. The third-order valence-electron chi connectivity index (χ3n) is 4.46. The van der Waals surface area contributed by atoms with E-state index >= 15 is 0 Å². The van der Waals surface area contributed by atoms with Crippen LogP contribution in [-0.4, -0.2) is 35.1 Å². The number of hydrogen-bond acceptors (Lipinski definition) is 4. The molecule has 1 aliphatic rings. The molecule has 28 heavy (non-hydrogen) atoms. The molecule has 0 atom stereocenters. The van der Waals surface area contributed by atoms with Crippen LogP contribution in [0.5, 0.6) is 0 Å². The average Bonchev–Trinajstić information content (AvgIpc) is 2.91. The van der Waals surface area contributed by atoms with Gasteiger partial charge in [-0.25, -0.2) is 0 Å². The molecular formula is C21H21N3O4. The molecule has 4 amide bonds. The first-order valence-corrected chi connectivity index (χ1v) is 9.05. The summed E-state index contributed by atoms with van der Waals surface area (Å²) in [6.07, 6.45) is 0.384. The molecule has 0 aliphatic carbocycles. The fraction of sp³-hybridized carbons (Fsp3) is 0.238. The lowest BCUT2D eigenvalue weighted by molar-refractivity contribution is -0.117. The van der Waals surface area contributed by atoms with Crippen molar-refractivity contribution in [3.8, 4) is 0 Å². The maximum Gasteiger partial charge on any atom is 0.261 e. The maximum absolute atomic E-state index is 12.4. The molecule has 2 aromatic rings. The van der Waals surface area contributed by atoms with Gasteiger partial charge in [0, 0.05) is 30.8 Å². The number of rotatable bonds is 6. The number of nitrogens with zero attached hydrogens (tertiary/aromatic N) is 1. The van der Waals surface area contributed by atoms with E-state index < -0.39 is 0 Å². The van der Waals surface area contributed by atoms with E-state index in [-0.39, 0.29) is 36.6 Å². The molecular weight excluding hydrogens is 358 g/mol. The lowest BCUT2D eigenvalue weighted by Gasteiger charge is -2.13. The van der Waals surface area contributed by atoms with Crippen LogP contribution >= 0.6 is 0 Å². The quantitative estimate of drug-likeness (QED) is 0.754. The molecule has 2 aromatic carbocycles. The smallest absolute Gasteiger partial charge is 0.261 e. The predicted molar refractivity (Wildman–Crippen MR) is 105 cm³/mol. The summed E-state index contributed by atoms with van der Waals surface area (Å²) >= 11 is 0. The predicted octanol–water partition coefficient (Wildman–Crippen LogP) is 2.97. The second-order valence-electron chi connectivity index (χ2n) is 6.59. The van der Waals surface area contributed by atoms with Gasteiger partial charge in [0.2, 0.25) is 11.8 Å². The van der Waals surface area contributed by atoms with Crippen molar-refractivity contribution < 1.29 is 19.2 Å². The van der Waals surface area contributed by atoms with Gasteiger partial charge < -0.3 is 10.6 Å². The molecule has 7 heteroatoms. The third-order valence-corrected chi connectivity index (χ3v) is 4.46. The van der Waals surface area contributed by atoms with Gasteiger partial charge in [0.15, 0.2) is 0 Å².